The molecule has 2 aromatic carbocycles. The summed E-state index contributed by atoms with van der Waals surface area (Å²) in [6.07, 6.45) is 0. The van der Waals surface area contributed by atoms with Crippen molar-refractivity contribution < 1.29 is 23.1 Å². The van der Waals surface area contributed by atoms with Crippen molar-refractivity contribution in [2.45, 2.75) is 13.8 Å². The molecule has 0 unspecified atom stereocenters. The van der Waals surface area contributed by atoms with E-state index in [1.807, 2.05) is 11.4 Å². The molecule has 11 heteroatoms. The normalized spacial score (nSPS) is 10.3. The Morgan fingerprint density at radius 1 is 1.09 bits per heavy atom. The Balaban J connectivity index is 1.79. The Morgan fingerprint density at radius 3 is 2.27 bits per heavy atom. The van der Waals surface area contributed by atoms with Gasteiger partial charge in [0, 0.05) is 11.4 Å². The minimum absolute atomic E-state index is 0.00904. The third kappa shape index (κ3) is 5.37. The van der Waals surface area contributed by atoms with Crippen molar-refractivity contribution in [3.05, 3.63) is 80.5 Å². The van der Waals surface area contributed by atoms with Gasteiger partial charge in [0.05, 0.1) is 10.0 Å². The first-order valence-corrected chi connectivity index (χ1v) is 9.98. The zero-order valence-corrected chi connectivity index (χ0v) is 18.6. The largest absolute Gasteiger partial charge is 0.435 e. The number of ether oxygens (including phenoxy) is 1. The van der Waals surface area contributed by atoms with Crippen LogP contribution in [0.25, 0.3) is 0 Å². The van der Waals surface area contributed by atoms with Crippen LogP contribution in [-0.4, -0.2) is 16.9 Å². The maximum atomic E-state index is 13.7. The van der Waals surface area contributed by atoms with Crippen LogP contribution in [-0.2, 0) is 0 Å². The van der Waals surface area contributed by atoms with Crippen molar-refractivity contribution >= 4 is 40.8 Å². The first kappa shape index (κ1) is 23.9. The number of urea groups is 1. The number of rotatable bonds is 4. The van der Waals surface area contributed by atoms with Gasteiger partial charge in [-0.3, -0.25) is 10.1 Å². The van der Waals surface area contributed by atoms with Crippen molar-refractivity contribution in [2.24, 2.45) is 0 Å². The highest BCUT2D eigenvalue weighted by molar-refractivity contribution is 6.37. The van der Waals surface area contributed by atoms with Crippen molar-refractivity contribution in [3.63, 3.8) is 0 Å². The molecule has 7 nitrogen and oxygen atoms in total. The predicted octanol–water partition coefficient (Wildman–Crippen LogP) is 5.91. The van der Waals surface area contributed by atoms with Gasteiger partial charge >= 0.3 is 6.03 Å². The number of pyridine rings is 1. The standard InChI is InChI=1S/C22H14Cl2F2N4O3/c1-10-6-11(2)28-21(13(10)9-27)33-19-14(23)7-12(8-15(19)24)29-22(32)30-20(31)18-16(25)4-3-5-17(18)26/h3-8H,1-2H3,(H2,29,30,31,32). The molecule has 0 saturated heterocycles. The lowest BCUT2D eigenvalue weighted by atomic mass is 10.1. The molecular formula is C22H14Cl2F2N4O3. The van der Waals surface area contributed by atoms with Gasteiger partial charge in [-0.05, 0) is 49.7 Å². The lowest BCUT2D eigenvalue weighted by Crippen LogP contribution is -2.35. The number of nitrogens with one attached hydrogen (secondary N) is 2. The number of carbonyl (C=O) groups is 2. The topological polar surface area (TPSA) is 104 Å². The molecule has 168 valence electrons. The fourth-order valence-corrected chi connectivity index (χ4v) is 3.45. The van der Waals surface area contributed by atoms with Gasteiger partial charge in [0.2, 0.25) is 5.88 Å². The molecule has 1 heterocycles. The number of aryl methyl sites for hydroxylation is 2. The zero-order valence-electron chi connectivity index (χ0n) is 17.1. The molecule has 3 amide bonds. The van der Waals surface area contributed by atoms with Crippen LogP contribution >= 0.6 is 23.2 Å². The van der Waals surface area contributed by atoms with Gasteiger partial charge in [-0.2, -0.15) is 5.26 Å². The third-order valence-electron chi connectivity index (χ3n) is 4.30. The van der Waals surface area contributed by atoms with Crippen LogP contribution in [0.1, 0.15) is 27.2 Å². The van der Waals surface area contributed by atoms with E-state index in [1.165, 1.54) is 12.1 Å². The Labute approximate surface area is 196 Å². The molecule has 0 aliphatic rings. The summed E-state index contributed by atoms with van der Waals surface area (Å²) in [5, 5.41) is 13.4. The molecule has 1 aromatic heterocycles. The number of nitrogens with zero attached hydrogens (tertiary/aromatic N) is 2. The summed E-state index contributed by atoms with van der Waals surface area (Å²) in [7, 11) is 0. The average molecular weight is 491 g/mol. The van der Waals surface area contributed by atoms with E-state index in [-0.39, 0.29) is 32.9 Å². The maximum Gasteiger partial charge on any atom is 0.326 e. The third-order valence-corrected chi connectivity index (χ3v) is 4.86. The molecule has 0 aliphatic carbocycles. The maximum absolute atomic E-state index is 13.7. The number of halogens is 4. The van der Waals surface area contributed by atoms with E-state index in [0.717, 1.165) is 18.2 Å². The SMILES string of the molecule is Cc1cc(C)c(C#N)c(Oc2c(Cl)cc(NC(=O)NC(=O)c3c(F)cccc3F)cc2Cl)n1. The van der Waals surface area contributed by atoms with Crippen LogP contribution in [0.2, 0.25) is 10.0 Å². The molecular weight excluding hydrogens is 477 g/mol. The molecule has 33 heavy (non-hydrogen) atoms. The molecule has 0 atom stereocenters. The second-order valence-electron chi connectivity index (χ2n) is 6.75. The molecule has 2 N–H and O–H groups in total. The van der Waals surface area contributed by atoms with Crippen LogP contribution < -0.4 is 15.4 Å². The molecule has 0 aliphatic heterocycles. The number of hydrogen-bond acceptors (Lipinski definition) is 5. The lowest BCUT2D eigenvalue weighted by molar-refractivity contribution is 0.0959. The second-order valence-corrected chi connectivity index (χ2v) is 7.56. The molecule has 0 spiro atoms. The highest BCUT2D eigenvalue weighted by Gasteiger charge is 2.20. The van der Waals surface area contributed by atoms with Crippen LogP contribution in [0.3, 0.4) is 0 Å². The Bertz CT molecular complexity index is 1280. The summed E-state index contributed by atoms with van der Waals surface area (Å²) < 4.78 is 33.1. The van der Waals surface area contributed by atoms with Crippen molar-refractivity contribution in [1.29, 1.82) is 5.26 Å². The molecule has 3 rings (SSSR count). The minimum atomic E-state index is -1.27. The number of hydrogen-bond donors (Lipinski definition) is 2. The van der Waals surface area contributed by atoms with Gasteiger partial charge in [0.25, 0.3) is 5.91 Å². The summed E-state index contributed by atoms with van der Waals surface area (Å²) in [6.45, 7) is 3.45. The van der Waals surface area contributed by atoms with Crippen LogP contribution in [0.15, 0.2) is 36.4 Å². The number of aromatic nitrogens is 1. The number of imide groups is 1. The summed E-state index contributed by atoms with van der Waals surface area (Å²) >= 11 is 12.5. The van der Waals surface area contributed by atoms with Gasteiger partial charge in [0.1, 0.15) is 28.8 Å². The van der Waals surface area contributed by atoms with E-state index in [1.54, 1.807) is 19.9 Å². The van der Waals surface area contributed by atoms with Crippen molar-refractivity contribution in [2.75, 3.05) is 5.32 Å². The van der Waals surface area contributed by atoms with Gasteiger partial charge in [-0.1, -0.05) is 29.3 Å². The smallest absolute Gasteiger partial charge is 0.326 e. The van der Waals surface area contributed by atoms with Gasteiger partial charge in [0.15, 0.2) is 5.75 Å². The summed E-state index contributed by atoms with van der Waals surface area (Å²) in [5.41, 5.74) is 0.623. The Morgan fingerprint density at radius 2 is 1.70 bits per heavy atom. The fourth-order valence-electron chi connectivity index (χ4n) is 2.88. The fraction of sp³-hybridized carbons (Fsp3) is 0.0909. The van der Waals surface area contributed by atoms with Crippen molar-refractivity contribution in [1.82, 2.24) is 10.3 Å². The van der Waals surface area contributed by atoms with Crippen LogP contribution in [0, 0.1) is 36.8 Å². The van der Waals surface area contributed by atoms with Gasteiger partial charge in [-0.15, -0.1) is 0 Å². The number of amides is 3. The van der Waals surface area contributed by atoms with Crippen LogP contribution in [0.5, 0.6) is 11.6 Å². The Kier molecular flexibility index (Phi) is 7.11. The van der Waals surface area contributed by atoms with E-state index in [2.05, 4.69) is 10.3 Å². The monoisotopic (exact) mass is 490 g/mol. The van der Waals surface area contributed by atoms with E-state index >= 15 is 0 Å². The first-order valence-electron chi connectivity index (χ1n) is 9.22. The summed E-state index contributed by atoms with van der Waals surface area (Å²) in [6, 6.07) is 8.04. The van der Waals surface area contributed by atoms with E-state index in [0.29, 0.717) is 11.3 Å². The second kappa shape index (κ2) is 9.81. The molecule has 0 fully saturated rings. The quantitative estimate of drug-likeness (QED) is 0.472. The first-order chi connectivity index (χ1) is 15.6. The summed E-state index contributed by atoms with van der Waals surface area (Å²) in [4.78, 5) is 28.3. The summed E-state index contributed by atoms with van der Waals surface area (Å²) in [5.74, 6) is -3.52. The number of benzene rings is 2. The number of anilines is 1. The highest BCUT2D eigenvalue weighted by Crippen LogP contribution is 2.39. The van der Waals surface area contributed by atoms with Crippen molar-refractivity contribution in [3.8, 4) is 17.7 Å². The number of carbonyl (C=O) groups excluding carboxylic acids is 2. The highest BCUT2D eigenvalue weighted by atomic mass is 35.5. The van der Waals surface area contributed by atoms with Crippen LogP contribution in [0.4, 0.5) is 19.3 Å². The molecule has 0 bridgehead atoms. The lowest BCUT2D eigenvalue weighted by Gasteiger charge is -2.14. The van der Waals surface area contributed by atoms with E-state index in [9.17, 15) is 23.6 Å². The average Bonchev–Trinajstić information content (AvgIpc) is 2.70. The Hall–Kier alpha value is -3.74. The molecule has 0 radical (unpaired) electrons. The van der Waals surface area contributed by atoms with Gasteiger partial charge < -0.3 is 10.1 Å². The molecule has 3 aromatic rings. The van der Waals surface area contributed by atoms with E-state index in [4.69, 9.17) is 27.9 Å². The zero-order chi connectivity index (χ0) is 24.3. The predicted molar refractivity (Wildman–Crippen MR) is 118 cm³/mol. The van der Waals surface area contributed by atoms with Gasteiger partial charge in [-0.25, -0.2) is 18.6 Å². The minimum Gasteiger partial charge on any atom is -0.435 e. The number of nitriles is 1. The molecule has 0 saturated carbocycles. The van der Waals surface area contributed by atoms with E-state index < -0.39 is 29.1 Å².